The number of nitrogens with one attached hydrogen (secondary N) is 1. The van der Waals surface area contributed by atoms with Crippen LogP contribution >= 0.6 is 11.3 Å². The van der Waals surface area contributed by atoms with Gasteiger partial charge in [-0.15, -0.1) is 11.3 Å². The Labute approximate surface area is 160 Å². The zero-order chi connectivity index (χ0) is 19.3. The van der Waals surface area contributed by atoms with Gasteiger partial charge in [0.1, 0.15) is 0 Å². The first kappa shape index (κ1) is 20.6. The van der Waals surface area contributed by atoms with E-state index in [2.05, 4.69) is 24.4 Å². The quantitative estimate of drug-likeness (QED) is 0.746. The molecular formula is C19H26N2O3S2. The van der Waals surface area contributed by atoms with Crippen molar-refractivity contribution in [2.45, 2.75) is 45.1 Å². The van der Waals surface area contributed by atoms with Crippen molar-refractivity contribution < 1.29 is 13.2 Å². The average Bonchev–Trinajstić information content (AvgIpc) is 3.00. The van der Waals surface area contributed by atoms with Gasteiger partial charge in [-0.2, -0.15) is 4.31 Å². The molecule has 2 rings (SSSR count). The van der Waals surface area contributed by atoms with Gasteiger partial charge in [-0.3, -0.25) is 4.79 Å². The Morgan fingerprint density at radius 1 is 1.19 bits per heavy atom. The molecule has 1 amide bonds. The number of thiophene rings is 1. The monoisotopic (exact) mass is 394 g/mol. The molecule has 0 bridgehead atoms. The Hall–Kier alpha value is -1.70. The van der Waals surface area contributed by atoms with E-state index >= 15 is 0 Å². The van der Waals surface area contributed by atoms with E-state index < -0.39 is 10.0 Å². The first-order valence-electron chi connectivity index (χ1n) is 8.74. The van der Waals surface area contributed by atoms with Crippen LogP contribution in [0.25, 0.3) is 0 Å². The molecule has 1 aromatic carbocycles. The van der Waals surface area contributed by atoms with Crippen LogP contribution < -0.4 is 5.32 Å². The second-order valence-electron chi connectivity index (χ2n) is 6.21. The van der Waals surface area contributed by atoms with Crippen molar-refractivity contribution in [3.63, 3.8) is 0 Å². The first-order chi connectivity index (χ1) is 12.3. The van der Waals surface area contributed by atoms with Crippen molar-refractivity contribution in [3.05, 3.63) is 51.7 Å². The van der Waals surface area contributed by atoms with Crippen LogP contribution in [0.1, 0.15) is 40.9 Å². The van der Waals surface area contributed by atoms with Crippen LogP contribution in [0.4, 0.5) is 0 Å². The molecular weight excluding hydrogens is 368 g/mol. The SMILES string of the molecule is CCN(CC)S(=O)(=O)c1cccc(C(=O)NC(C)Cc2ccc(C)s2)c1. The summed E-state index contributed by atoms with van der Waals surface area (Å²) in [7, 11) is -3.58. The van der Waals surface area contributed by atoms with Gasteiger partial charge in [-0.25, -0.2) is 8.42 Å². The van der Waals surface area contributed by atoms with Crippen LogP contribution in [0.2, 0.25) is 0 Å². The van der Waals surface area contributed by atoms with Gasteiger partial charge in [0.05, 0.1) is 4.90 Å². The van der Waals surface area contributed by atoms with Gasteiger partial charge in [0.15, 0.2) is 0 Å². The largest absolute Gasteiger partial charge is 0.349 e. The highest BCUT2D eigenvalue weighted by molar-refractivity contribution is 7.89. The van der Waals surface area contributed by atoms with Crippen LogP contribution in [0.15, 0.2) is 41.3 Å². The lowest BCUT2D eigenvalue weighted by Gasteiger charge is -2.19. The third kappa shape index (κ3) is 4.93. The van der Waals surface area contributed by atoms with Gasteiger partial charge >= 0.3 is 0 Å². The van der Waals surface area contributed by atoms with E-state index in [1.54, 1.807) is 37.3 Å². The molecule has 1 N–H and O–H groups in total. The highest BCUT2D eigenvalue weighted by Gasteiger charge is 2.22. The number of benzene rings is 1. The summed E-state index contributed by atoms with van der Waals surface area (Å²) in [5.74, 6) is -0.262. The maximum atomic E-state index is 12.6. The summed E-state index contributed by atoms with van der Waals surface area (Å²) in [4.78, 5) is 15.1. The Morgan fingerprint density at radius 2 is 1.88 bits per heavy atom. The standard InChI is InChI=1S/C19H26N2O3S2/c1-5-21(6-2)26(23,24)18-9-7-8-16(13-18)19(22)20-14(3)12-17-11-10-15(4)25-17/h7-11,13-14H,5-6,12H2,1-4H3,(H,20,22). The minimum Gasteiger partial charge on any atom is -0.349 e. The number of amides is 1. The van der Waals surface area contributed by atoms with Crippen molar-refractivity contribution in [2.75, 3.05) is 13.1 Å². The third-order valence-corrected chi connectivity index (χ3v) is 7.19. The molecule has 0 radical (unpaired) electrons. The molecule has 0 aliphatic rings. The third-order valence-electron chi connectivity index (χ3n) is 4.12. The number of carbonyl (C=O) groups is 1. The summed E-state index contributed by atoms with van der Waals surface area (Å²) < 4.78 is 26.6. The van der Waals surface area contributed by atoms with Crippen molar-refractivity contribution in [1.29, 1.82) is 0 Å². The number of rotatable bonds is 8. The van der Waals surface area contributed by atoms with Crippen LogP contribution in [0, 0.1) is 6.92 Å². The molecule has 1 aromatic heterocycles. The summed E-state index contributed by atoms with van der Waals surface area (Å²) in [6.45, 7) is 8.39. The summed E-state index contributed by atoms with van der Waals surface area (Å²) in [5.41, 5.74) is 0.354. The molecule has 0 spiro atoms. The molecule has 0 aliphatic carbocycles. The van der Waals surface area contributed by atoms with Crippen molar-refractivity contribution >= 4 is 27.3 Å². The molecule has 26 heavy (non-hydrogen) atoms. The second kappa shape index (κ2) is 8.79. The Balaban J connectivity index is 2.12. The van der Waals surface area contributed by atoms with E-state index in [9.17, 15) is 13.2 Å². The molecule has 0 saturated heterocycles. The molecule has 0 saturated carbocycles. The number of sulfonamides is 1. The van der Waals surface area contributed by atoms with Crippen LogP contribution in [-0.2, 0) is 16.4 Å². The van der Waals surface area contributed by atoms with Crippen molar-refractivity contribution in [2.24, 2.45) is 0 Å². The van der Waals surface area contributed by atoms with Crippen LogP contribution in [0.5, 0.6) is 0 Å². The van der Waals surface area contributed by atoms with Crippen LogP contribution in [0.3, 0.4) is 0 Å². The lowest BCUT2D eigenvalue weighted by Crippen LogP contribution is -2.34. The minimum absolute atomic E-state index is 0.0383. The van der Waals surface area contributed by atoms with E-state index in [-0.39, 0.29) is 16.8 Å². The average molecular weight is 395 g/mol. The molecule has 1 heterocycles. The van der Waals surface area contributed by atoms with E-state index in [0.717, 1.165) is 6.42 Å². The van der Waals surface area contributed by atoms with Gasteiger partial charge in [-0.05, 0) is 44.2 Å². The number of hydrogen-bond acceptors (Lipinski definition) is 4. The van der Waals surface area contributed by atoms with Gasteiger partial charge in [0.25, 0.3) is 5.91 Å². The molecule has 1 unspecified atom stereocenters. The highest BCUT2D eigenvalue weighted by atomic mass is 32.2. The zero-order valence-electron chi connectivity index (χ0n) is 15.7. The fraction of sp³-hybridized carbons (Fsp3) is 0.421. The molecule has 2 aromatic rings. The van der Waals surface area contributed by atoms with E-state index in [0.29, 0.717) is 18.7 Å². The fourth-order valence-corrected chi connectivity index (χ4v) is 5.29. The topological polar surface area (TPSA) is 66.5 Å². The normalized spacial score (nSPS) is 13.0. The van der Waals surface area contributed by atoms with E-state index in [4.69, 9.17) is 0 Å². The maximum Gasteiger partial charge on any atom is 0.251 e. The summed E-state index contributed by atoms with van der Waals surface area (Å²) >= 11 is 1.72. The molecule has 7 heteroatoms. The lowest BCUT2D eigenvalue weighted by molar-refractivity contribution is 0.0940. The van der Waals surface area contributed by atoms with Gasteiger partial charge in [0, 0.05) is 40.9 Å². The molecule has 0 fully saturated rings. The molecule has 0 aliphatic heterocycles. The smallest absolute Gasteiger partial charge is 0.251 e. The van der Waals surface area contributed by atoms with Gasteiger partial charge in [0.2, 0.25) is 10.0 Å². The Kier molecular flexibility index (Phi) is 6.97. The number of nitrogens with zero attached hydrogens (tertiary/aromatic N) is 1. The number of hydrogen-bond donors (Lipinski definition) is 1. The Bertz CT molecular complexity index is 855. The number of carbonyl (C=O) groups excluding carboxylic acids is 1. The zero-order valence-corrected chi connectivity index (χ0v) is 17.3. The molecule has 5 nitrogen and oxygen atoms in total. The van der Waals surface area contributed by atoms with Crippen LogP contribution in [-0.4, -0.2) is 37.8 Å². The lowest BCUT2D eigenvalue weighted by atomic mass is 10.1. The van der Waals surface area contributed by atoms with E-state index in [1.165, 1.54) is 26.2 Å². The highest BCUT2D eigenvalue weighted by Crippen LogP contribution is 2.18. The predicted octanol–water partition coefficient (Wildman–Crippen LogP) is 3.45. The van der Waals surface area contributed by atoms with Crippen molar-refractivity contribution in [3.8, 4) is 0 Å². The first-order valence-corrected chi connectivity index (χ1v) is 11.0. The summed E-state index contributed by atoms with van der Waals surface area (Å²) in [5, 5.41) is 2.95. The number of aryl methyl sites for hydroxylation is 1. The molecule has 1 atom stereocenters. The van der Waals surface area contributed by atoms with Gasteiger partial charge in [-0.1, -0.05) is 19.9 Å². The van der Waals surface area contributed by atoms with Gasteiger partial charge < -0.3 is 5.32 Å². The van der Waals surface area contributed by atoms with Crippen molar-refractivity contribution in [1.82, 2.24) is 9.62 Å². The summed E-state index contributed by atoms with van der Waals surface area (Å²) in [6.07, 6.45) is 0.752. The maximum absolute atomic E-state index is 12.6. The predicted molar refractivity (Wildman–Crippen MR) is 106 cm³/mol. The fourth-order valence-electron chi connectivity index (χ4n) is 2.77. The summed E-state index contributed by atoms with van der Waals surface area (Å²) in [6, 6.07) is 10.3. The Morgan fingerprint density at radius 3 is 2.46 bits per heavy atom. The second-order valence-corrected chi connectivity index (χ2v) is 9.52. The molecule has 142 valence electrons. The minimum atomic E-state index is -3.58. The van der Waals surface area contributed by atoms with E-state index in [1.807, 2.05) is 6.92 Å².